The normalized spacial score (nSPS) is 16.8. The minimum atomic E-state index is -4.64. The predicted molar refractivity (Wildman–Crippen MR) is 124 cm³/mol. The molecule has 1 unspecified atom stereocenters. The average molecular weight is 495 g/mol. The number of fused-ring (bicyclic) bond motifs is 1. The number of thiophene rings is 1. The number of nitrogens with zero attached hydrogens (tertiary/aromatic N) is 5. The van der Waals surface area contributed by atoms with Crippen molar-refractivity contribution in [1.82, 2.24) is 29.8 Å². The van der Waals surface area contributed by atoms with Crippen LogP contribution in [0.4, 0.5) is 13.2 Å². The molecule has 0 saturated carbocycles. The number of likely N-dealkylation sites (tertiary alicyclic amines) is 1. The Bertz CT molecular complexity index is 1140. The smallest absolute Gasteiger partial charge is 0.354 e. The van der Waals surface area contributed by atoms with Crippen molar-refractivity contribution in [3.63, 3.8) is 0 Å². The highest BCUT2D eigenvalue weighted by atomic mass is 32.1. The summed E-state index contributed by atoms with van der Waals surface area (Å²) in [6.45, 7) is 8.23. The van der Waals surface area contributed by atoms with E-state index in [2.05, 4.69) is 43.7 Å². The number of hydrogen-bond donors (Lipinski definition) is 1. The molecule has 7 nitrogen and oxygen atoms in total. The summed E-state index contributed by atoms with van der Waals surface area (Å²) in [7, 11) is 0. The average Bonchev–Trinajstić information content (AvgIpc) is 3.45. The first-order valence-corrected chi connectivity index (χ1v) is 12.4. The standard InChI is InChI=1S/C23H29F3N6OS/c1-14-8-10-31(11-9-14)18(19-5-4-12-34-19)13-27-20(33)7-6-17-15(2)28-22-29-21(23(24,25)26)30-32(22)16(17)3/h4-5,12,14,18H,6-11,13H2,1-3H3,(H,27,33). The topological polar surface area (TPSA) is 75.4 Å². The Hall–Kier alpha value is -2.53. The number of aryl methyl sites for hydroxylation is 2. The van der Waals surface area contributed by atoms with E-state index in [0.717, 1.165) is 36.4 Å². The highest BCUT2D eigenvalue weighted by Crippen LogP contribution is 2.29. The second kappa shape index (κ2) is 9.99. The fourth-order valence-electron chi connectivity index (χ4n) is 4.46. The van der Waals surface area contributed by atoms with Crippen LogP contribution >= 0.6 is 11.3 Å². The van der Waals surface area contributed by atoms with Gasteiger partial charge in [-0.1, -0.05) is 13.0 Å². The van der Waals surface area contributed by atoms with Gasteiger partial charge in [0, 0.05) is 29.2 Å². The van der Waals surface area contributed by atoms with E-state index in [1.165, 1.54) is 4.88 Å². The Morgan fingerprint density at radius 1 is 1.26 bits per heavy atom. The predicted octanol–water partition coefficient (Wildman–Crippen LogP) is 4.34. The van der Waals surface area contributed by atoms with Crippen LogP contribution in [0.2, 0.25) is 0 Å². The van der Waals surface area contributed by atoms with Gasteiger partial charge in [-0.15, -0.1) is 16.4 Å². The zero-order valence-corrected chi connectivity index (χ0v) is 20.3. The molecule has 0 aromatic carbocycles. The molecule has 0 spiro atoms. The van der Waals surface area contributed by atoms with E-state index in [1.54, 1.807) is 25.2 Å². The van der Waals surface area contributed by atoms with Crippen molar-refractivity contribution in [1.29, 1.82) is 0 Å². The molecule has 0 aliphatic carbocycles. The van der Waals surface area contributed by atoms with Crippen LogP contribution in [-0.4, -0.2) is 50.0 Å². The Labute approximate surface area is 200 Å². The third-order valence-corrected chi connectivity index (χ3v) is 7.50. The second-order valence-corrected chi connectivity index (χ2v) is 9.94. The van der Waals surface area contributed by atoms with Crippen molar-refractivity contribution in [2.75, 3.05) is 19.6 Å². The summed E-state index contributed by atoms with van der Waals surface area (Å²) in [5, 5.41) is 8.70. The van der Waals surface area contributed by atoms with E-state index in [0.29, 0.717) is 29.9 Å². The van der Waals surface area contributed by atoms with Crippen LogP contribution in [0.3, 0.4) is 0 Å². The number of carbonyl (C=O) groups excluding carboxylic acids is 1. The Balaban J connectivity index is 1.41. The molecule has 1 fully saturated rings. The number of hydrogen-bond acceptors (Lipinski definition) is 6. The zero-order chi connectivity index (χ0) is 24.5. The van der Waals surface area contributed by atoms with Crippen molar-refractivity contribution in [2.24, 2.45) is 5.92 Å². The second-order valence-electron chi connectivity index (χ2n) is 8.96. The number of rotatable bonds is 7. The molecule has 1 amide bonds. The number of amides is 1. The highest BCUT2D eigenvalue weighted by molar-refractivity contribution is 7.10. The monoisotopic (exact) mass is 494 g/mol. The number of piperidine rings is 1. The summed E-state index contributed by atoms with van der Waals surface area (Å²) in [5.41, 5.74) is 1.77. The van der Waals surface area contributed by atoms with E-state index < -0.39 is 12.0 Å². The van der Waals surface area contributed by atoms with Gasteiger partial charge in [0.05, 0.1) is 6.04 Å². The van der Waals surface area contributed by atoms with Crippen LogP contribution in [0.1, 0.15) is 59.9 Å². The van der Waals surface area contributed by atoms with Crippen LogP contribution in [-0.2, 0) is 17.4 Å². The maximum atomic E-state index is 13.0. The Morgan fingerprint density at radius 2 is 2.00 bits per heavy atom. The number of aromatic nitrogens is 4. The summed E-state index contributed by atoms with van der Waals surface area (Å²) in [4.78, 5) is 24.1. The zero-order valence-electron chi connectivity index (χ0n) is 19.5. The molecule has 1 atom stereocenters. The summed E-state index contributed by atoms with van der Waals surface area (Å²) in [5.74, 6) is -0.681. The molecule has 184 valence electrons. The molecule has 3 aromatic heterocycles. The maximum Gasteiger partial charge on any atom is 0.453 e. The van der Waals surface area contributed by atoms with Gasteiger partial charge in [0.25, 0.3) is 11.6 Å². The van der Waals surface area contributed by atoms with Gasteiger partial charge in [0.15, 0.2) is 0 Å². The van der Waals surface area contributed by atoms with Crippen molar-refractivity contribution < 1.29 is 18.0 Å². The minimum Gasteiger partial charge on any atom is -0.354 e. The summed E-state index contributed by atoms with van der Waals surface area (Å²) in [6, 6.07) is 4.29. The van der Waals surface area contributed by atoms with Crippen molar-refractivity contribution in [2.45, 2.75) is 58.7 Å². The molecule has 4 heterocycles. The fourth-order valence-corrected chi connectivity index (χ4v) is 5.32. The molecule has 4 rings (SSSR count). The van der Waals surface area contributed by atoms with Gasteiger partial charge in [0.2, 0.25) is 5.91 Å². The Kier molecular flexibility index (Phi) is 7.22. The summed E-state index contributed by atoms with van der Waals surface area (Å²) in [6.07, 6.45) is -1.76. The number of carbonyl (C=O) groups is 1. The van der Waals surface area contributed by atoms with E-state index in [1.807, 2.05) is 6.07 Å². The molecule has 34 heavy (non-hydrogen) atoms. The number of halogens is 3. The van der Waals surface area contributed by atoms with Crippen molar-refractivity contribution in [3.8, 4) is 0 Å². The lowest BCUT2D eigenvalue weighted by molar-refractivity contribution is -0.144. The molecule has 1 N–H and O–H groups in total. The minimum absolute atomic E-state index is 0.0924. The lowest BCUT2D eigenvalue weighted by atomic mass is 9.97. The van der Waals surface area contributed by atoms with Gasteiger partial charge < -0.3 is 5.32 Å². The quantitative estimate of drug-likeness (QED) is 0.529. The summed E-state index contributed by atoms with van der Waals surface area (Å²) < 4.78 is 40.1. The lowest BCUT2D eigenvalue weighted by Gasteiger charge is -2.36. The molecule has 11 heteroatoms. The molecule has 0 bridgehead atoms. The van der Waals surface area contributed by atoms with Crippen LogP contribution in [0.25, 0.3) is 5.78 Å². The summed E-state index contributed by atoms with van der Waals surface area (Å²) >= 11 is 1.70. The third kappa shape index (κ3) is 5.41. The van der Waals surface area contributed by atoms with Gasteiger partial charge in [-0.25, -0.2) is 9.50 Å². The van der Waals surface area contributed by atoms with Crippen LogP contribution in [0, 0.1) is 19.8 Å². The molecule has 0 radical (unpaired) electrons. The first-order chi connectivity index (χ1) is 16.1. The lowest BCUT2D eigenvalue weighted by Crippen LogP contribution is -2.41. The molecular formula is C23H29F3N6OS. The first kappa shape index (κ1) is 24.6. The molecular weight excluding hydrogens is 465 g/mol. The first-order valence-electron chi connectivity index (χ1n) is 11.5. The Morgan fingerprint density at radius 3 is 2.65 bits per heavy atom. The van der Waals surface area contributed by atoms with Gasteiger partial charge in [-0.2, -0.15) is 18.2 Å². The molecule has 1 saturated heterocycles. The van der Waals surface area contributed by atoms with E-state index >= 15 is 0 Å². The fraction of sp³-hybridized carbons (Fsp3) is 0.565. The number of nitrogens with one attached hydrogen (secondary N) is 1. The molecule has 1 aliphatic rings. The van der Waals surface area contributed by atoms with Crippen LogP contribution in [0.5, 0.6) is 0 Å². The van der Waals surface area contributed by atoms with E-state index in [-0.39, 0.29) is 24.1 Å². The van der Waals surface area contributed by atoms with E-state index in [4.69, 9.17) is 0 Å². The van der Waals surface area contributed by atoms with Gasteiger partial charge in [0.1, 0.15) is 0 Å². The molecule has 1 aliphatic heterocycles. The highest BCUT2D eigenvalue weighted by Gasteiger charge is 2.37. The van der Waals surface area contributed by atoms with Crippen LogP contribution in [0.15, 0.2) is 17.5 Å². The largest absolute Gasteiger partial charge is 0.453 e. The molecule has 3 aromatic rings. The van der Waals surface area contributed by atoms with Crippen LogP contribution < -0.4 is 5.32 Å². The maximum absolute atomic E-state index is 13.0. The number of alkyl halides is 3. The van der Waals surface area contributed by atoms with E-state index in [9.17, 15) is 18.0 Å². The van der Waals surface area contributed by atoms with Crippen molar-refractivity contribution in [3.05, 3.63) is 45.2 Å². The van der Waals surface area contributed by atoms with Gasteiger partial charge >= 0.3 is 6.18 Å². The van der Waals surface area contributed by atoms with Gasteiger partial charge in [-0.05, 0) is 69.1 Å². The SMILES string of the molecule is Cc1nc2nc(C(F)(F)F)nn2c(C)c1CCC(=O)NCC(c1cccs1)N1CCC(C)CC1. The van der Waals surface area contributed by atoms with Crippen molar-refractivity contribution >= 4 is 23.0 Å². The van der Waals surface area contributed by atoms with Gasteiger partial charge in [-0.3, -0.25) is 9.69 Å². The third-order valence-electron chi connectivity index (χ3n) is 6.53.